The van der Waals surface area contributed by atoms with Gasteiger partial charge < -0.3 is 10.0 Å². The second-order valence-electron chi connectivity index (χ2n) is 9.08. The predicted octanol–water partition coefficient (Wildman–Crippen LogP) is 5.22. The summed E-state index contributed by atoms with van der Waals surface area (Å²) in [6.07, 6.45) is 2.51. The molecule has 0 radical (unpaired) electrons. The third-order valence-electron chi connectivity index (χ3n) is 4.76. The molecule has 1 aromatic carbocycles. The Kier molecular flexibility index (Phi) is 4.52. The van der Waals surface area contributed by atoms with Gasteiger partial charge in [0.2, 0.25) is 0 Å². The van der Waals surface area contributed by atoms with Gasteiger partial charge in [0.05, 0.1) is 5.69 Å². The number of phenols is 1. The van der Waals surface area contributed by atoms with Crippen molar-refractivity contribution >= 4 is 5.69 Å². The quantitative estimate of drug-likeness (QED) is 0.768. The van der Waals surface area contributed by atoms with Crippen LogP contribution in [0.25, 0.3) is 0 Å². The van der Waals surface area contributed by atoms with E-state index < -0.39 is 0 Å². The molecule has 0 bridgehead atoms. The standard InChI is InChI=1S/C20H33NO/c1-14-9-8-10-21(13-14)17-12-15(19(2,3)4)11-16(18(17)22)20(5,6)7/h11-12,14,22H,8-10,13H2,1-7H3. The van der Waals surface area contributed by atoms with Crippen LogP contribution in [0.4, 0.5) is 5.69 Å². The normalized spacial score (nSPS) is 20.3. The van der Waals surface area contributed by atoms with Crippen LogP contribution in [0.15, 0.2) is 12.1 Å². The summed E-state index contributed by atoms with van der Waals surface area (Å²) in [5.74, 6) is 1.18. The lowest BCUT2D eigenvalue weighted by molar-refractivity contribution is 0.422. The zero-order chi connectivity index (χ0) is 16.7. The molecule has 1 aliphatic heterocycles. The van der Waals surface area contributed by atoms with E-state index >= 15 is 0 Å². The lowest BCUT2D eigenvalue weighted by Crippen LogP contribution is -2.34. The Morgan fingerprint density at radius 1 is 1.05 bits per heavy atom. The molecule has 1 unspecified atom stereocenters. The zero-order valence-corrected chi connectivity index (χ0v) is 15.5. The molecule has 2 rings (SSSR count). The average molecular weight is 303 g/mol. The van der Waals surface area contributed by atoms with Crippen molar-refractivity contribution in [3.8, 4) is 5.75 Å². The van der Waals surface area contributed by atoms with Crippen LogP contribution in [0.2, 0.25) is 0 Å². The van der Waals surface area contributed by atoms with Gasteiger partial charge in [0.1, 0.15) is 5.75 Å². The van der Waals surface area contributed by atoms with Gasteiger partial charge in [-0.1, -0.05) is 54.5 Å². The molecule has 1 aliphatic rings. The Morgan fingerprint density at radius 2 is 1.68 bits per heavy atom. The number of nitrogens with zero attached hydrogens (tertiary/aromatic N) is 1. The Balaban J connectivity index is 2.56. The molecule has 1 atom stereocenters. The molecule has 1 fully saturated rings. The van der Waals surface area contributed by atoms with Crippen LogP contribution in [0.5, 0.6) is 5.75 Å². The molecule has 0 aliphatic carbocycles. The van der Waals surface area contributed by atoms with E-state index in [1.54, 1.807) is 0 Å². The molecule has 1 saturated heterocycles. The molecule has 22 heavy (non-hydrogen) atoms. The van der Waals surface area contributed by atoms with E-state index in [0.717, 1.165) is 24.3 Å². The maximum absolute atomic E-state index is 10.9. The van der Waals surface area contributed by atoms with Crippen LogP contribution in [0, 0.1) is 5.92 Å². The van der Waals surface area contributed by atoms with Crippen molar-refractivity contribution in [1.82, 2.24) is 0 Å². The summed E-state index contributed by atoms with van der Waals surface area (Å²) in [7, 11) is 0. The van der Waals surface area contributed by atoms with Crippen molar-refractivity contribution in [2.75, 3.05) is 18.0 Å². The van der Waals surface area contributed by atoms with Gasteiger partial charge in [0.15, 0.2) is 0 Å². The number of benzene rings is 1. The van der Waals surface area contributed by atoms with E-state index in [2.05, 4.69) is 65.5 Å². The predicted molar refractivity (Wildman–Crippen MR) is 96.1 cm³/mol. The minimum Gasteiger partial charge on any atom is -0.505 e. The summed E-state index contributed by atoms with van der Waals surface area (Å²) in [6.45, 7) is 17.7. The van der Waals surface area contributed by atoms with Gasteiger partial charge in [0, 0.05) is 18.7 Å². The van der Waals surface area contributed by atoms with E-state index in [9.17, 15) is 5.11 Å². The van der Waals surface area contributed by atoms with Gasteiger partial charge in [-0.05, 0) is 41.2 Å². The fourth-order valence-corrected chi connectivity index (χ4v) is 3.27. The maximum Gasteiger partial charge on any atom is 0.142 e. The first kappa shape index (κ1) is 17.2. The molecule has 0 saturated carbocycles. The lowest BCUT2D eigenvalue weighted by Gasteiger charge is -2.36. The van der Waals surface area contributed by atoms with Crippen LogP contribution >= 0.6 is 0 Å². The van der Waals surface area contributed by atoms with Gasteiger partial charge >= 0.3 is 0 Å². The maximum atomic E-state index is 10.9. The molecule has 0 spiro atoms. The smallest absolute Gasteiger partial charge is 0.142 e. The van der Waals surface area contributed by atoms with Gasteiger partial charge in [-0.2, -0.15) is 0 Å². The summed E-state index contributed by atoms with van der Waals surface area (Å²) < 4.78 is 0. The molecular formula is C20H33NO. The molecular weight excluding hydrogens is 270 g/mol. The van der Waals surface area contributed by atoms with E-state index in [4.69, 9.17) is 0 Å². The minimum absolute atomic E-state index is 0.0541. The highest BCUT2D eigenvalue weighted by molar-refractivity contribution is 5.65. The van der Waals surface area contributed by atoms with Gasteiger partial charge in [-0.25, -0.2) is 0 Å². The van der Waals surface area contributed by atoms with Crippen LogP contribution in [0.3, 0.4) is 0 Å². The SMILES string of the molecule is CC1CCCN(c2cc(C(C)(C)C)cc(C(C)(C)C)c2O)C1. The van der Waals surface area contributed by atoms with E-state index in [0.29, 0.717) is 11.7 Å². The molecule has 124 valence electrons. The second kappa shape index (κ2) is 5.79. The van der Waals surface area contributed by atoms with Crippen LogP contribution in [0.1, 0.15) is 72.4 Å². The number of phenolic OH excluding ortho intramolecular Hbond substituents is 1. The number of aromatic hydroxyl groups is 1. The monoisotopic (exact) mass is 303 g/mol. The van der Waals surface area contributed by atoms with E-state index in [-0.39, 0.29) is 10.8 Å². The number of rotatable bonds is 1. The van der Waals surface area contributed by atoms with Crippen molar-refractivity contribution in [3.05, 3.63) is 23.3 Å². The number of hydrogen-bond acceptors (Lipinski definition) is 2. The van der Waals surface area contributed by atoms with Gasteiger partial charge in [-0.15, -0.1) is 0 Å². The first-order valence-electron chi connectivity index (χ1n) is 8.63. The van der Waals surface area contributed by atoms with E-state index in [1.807, 2.05) is 0 Å². The zero-order valence-electron chi connectivity index (χ0n) is 15.5. The molecule has 1 aromatic rings. The first-order valence-corrected chi connectivity index (χ1v) is 8.63. The highest BCUT2D eigenvalue weighted by Gasteiger charge is 2.28. The minimum atomic E-state index is -0.0541. The van der Waals surface area contributed by atoms with Crippen molar-refractivity contribution in [3.63, 3.8) is 0 Å². The molecule has 2 heteroatoms. The third kappa shape index (κ3) is 3.59. The molecule has 1 N–H and O–H groups in total. The number of anilines is 1. The van der Waals surface area contributed by atoms with Crippen molar-refractivity contribution < 1.29 is 5.11 Å². The van der Waals surface area contributed by atoms with Crippen molar-refractivity contribution in [1.29, 1.82) is 0 Å². The summed E-state index contributed by atoms with van der Waals surface area (Å²) in [5, 5.41) is 10.9. The van der Waals surface area contributed by atoms with Crippen LogP contribution < -0.4 is 4.90 Å². The van der Waals surface area contributed by atoms with Crippen molar-refractivity contribution in [2.45, 2.75) is 72.1 Å². The molecule has 0 amide bonds. The molecule has 2 nitrogen and oxygen atoms in total. The Bertz CT molecular complexity index is 534. The highest BCUT2D eigenvalue weighted by Crippen LogP contribution is 2.42. The Labute approximate surface area is 136 Å². The second-order valence-corrected chi connectivity index (χ2v) is 9.08. The summed E-state index contributed by atoms with van der Waals surface area (Å²) in [4.78, 5) is 2.38. The largest absolute Gasteiger partial charge is 0.505 e. The number of piperidine rings is 1. The molecule has 1 heterocycles. The summed E-state index contributed by atoms with van der Waals surface area (Å²) in [5.41, 5.74) is 3.44. The third-order valence-corrected chi connectivity index (χ3v) is 4.76. The van der Waals surface area contributed by atoms with Crippen molar-refractivity contribution in [2.24, 2.45) is 5.92 Å². The topological polar surface area (TPSA) is 23.5 Å². The van der Waals surface area contributed by atoms with E-state index in [1.165, 1.54) is 18.4 Å². The summed E-state index contributed by atoms with van der Waals surface area (Å²) in [6, 6.07) is 4.41. The fourth-order valence-electron chi connectivity index (χ4n) is 3.27. The first-order chi connectivity index (χ1) is 10.00. The Morgan fingerprint density at radius 3 is 2.18 bits per heavy atom. The Hall–Kier alpha value is -1.18. The van der Waals surface area contributed by atoms with Gasteiger partial charge in [-0.3, -0.25) is 0 Å². The average Bonchev–Trinajstić information content (AvgIpc) is 2.36. The highest BCUT2D eigenvalue weighted by atomic mass is 16.3. The van der Waals surface area contributed by atoms with Crippen LogP contribution in [-0.4, -0.2) is 18.2 Å². The summed E-state index contributed by atoms with van der Waals surface area (Å²) >= 11 is 0. The lowest BCUT2D eigenvalue weighted by atomic mass is 9.79. The molecule has 0 aromatic heterocycles. The van der Waals surface area contributed by atoms with Gasteiger partial charge in [0.25, 0.3) is 0 Å². The fraction of sp³-hybridized carbons (Fsp3) is 0.700. The van der Waals surface area contributed by atoms with Crippen LogP contribution in [-0.2, 0) is 10.8 Å². The number of hydrogen-bond donors (Lipinski definition) is 1.